The van der Waals surface area contributed by atoms with Gasteiger partial charge in [-0.25, -0.2) is 4.68 Å². The number of rotatable bonds is 3. The van der Waals surface area contributed by atoms with Crippen LogP contribution in [0.15, 0.2) is 24.4 Å². The van der Waals surface area contributed by atoms with Crippen LogP contribution in [0.2, 0.25) is 0 Å². The fourth-order valence-electron chi connectivity index (χ4n) is 4.76. The van der Waals surface area contributed by atoms with E-state index in [-0.39, 0.29) is 23.8 Å². The maximum Gasteiger partial charge on any atom is 0.255 e. The van der Waals surface area contributed by atoms with Gasteiger partial charge in [-0.2, -0.15) is 0 Å². The van der Waals surface area contributed by atoms with Crippen LogP contribution in [0, 0.1) is 0 Å². The van der Waals surface area contributed by atoms with Crippen LogP contribution in [0.4, 0.5) is 0 Å². The Labute approximate surface area is 174 Å². The van der Waals surface area contributed by atoms with E-state index in [0.717, 1.165) is 36.3 Å². The second-order valence-electron chi connectivity index (χ2n) is 8.59. The molecule has 1 unspecified atom stereocenters. The molecule has 5 rings (SSSR count). The van der Waals surface area contributed by atoms with Gasteiger partial charge >= 0.3 is 0 Å². The Morgan fingerprint density at radius 2 is 2.07 bits per heavy atom. The van der Waals surface area contributed by atoms with Crippen molar-refractivity contribution in [2.45, 2.75) is 50.7 Å². The molecule has 2 fully saturated rings. The molecule has 9 nitrogen and oxygen atoms in total. The molecule has 156 valence electrons. The number of hydrogen-bond donors (Lipinski definition) is 1. The van der Waals surface area contributed by atoms with Crippen molar-refractivity contribution in [3.63, 3.8) is 0 Å². The Hall–Kier alpha value is -3.07. The Balaban J connectivity index is 1.40. The molecule has 3 aliphatic rings. The lowest BCUT2D eigenvalue weighted by Crippen LogP contribution is -2.52. The quantitative estimate of drug-likeness (QED) is 0.760. The highest BCUT2D eigenvalue weighted by molar-refractivity contribution is 6.05. The van der Waals surface area contributed by atoms with E-state index in [2.05, 4.69) is 34.5 Å². The summed E-state index contributed by atoms with van der Waals surface area (Å²) in [5.74, 6) is -0.862. The normalized spacial score (nSPS) is 26.9. The predicted octanol–water partition coefficient (Wildman–Crippen LogP) is 0.969. The highest BCUT2D eigenvalue weighted by Crippen LogP contribution is 2.36. The van der Waals surface area contributed by atoms with E-state index in [0.29, 0.717) is 18.5 Å². The molecule has 0 bridgehead atoms. The number of carbonyl (C=O) groups is 3. The first-order chi connectivity index (χ1) is 14.4. The zero-order valence-electron chi connectivity index (χ0n) is 17.1. The molecule has 30 heavy (non-hydrogen) atoms. The summed E-state index contributed by atoms with van der Waals surface area (Å²) in [4.78, 5) is 40.3. The van der Waals surface area contributed by atoms with Gasteiger partial charge in [-0.05, 0) is 63.5 Å². The highest BCUT2D eigenvalue weighted by atomic mass is 16.2. The zero-order valence-corrected chi connectivity index (χ0v) is 17.1. The lowest BCUT2D eigenvalue weighted by atomic mass is 9.95. The second-order valence-corrected chi connectivity index (χ2v) is 8.59. The third-order valence-corrected chi connectivity index (χ3v) is 6.82. The van der Waals surface area contributed by atoms with Gasteiger partial charge in [-0.15, -0.1) is 5.10 Å². The maximum absolute atomic E-state index is 12.8. The Morgan fingerprint density at radius 3 is 2.80 bits per heavy atom. The molecule has 1 aromatic heterocycles. The first-order valence-electron chi connectivity index (χ1n) is 10.3. The minimum absolute atomic E-state index is 0.118. The van der Waals surface area contributed by atoms with Crippen molar-refractivity contribution >= 4 is 17.7 Å². The first kappa shape index (κ1) is 18.9. The van der Waals surface area contributed by atoms with Crippen LogP contribution in [0.3, 0.4) is 0 Å². The molecule has 2 saturated heterocycles. The van der Waals surface area contributed by atoms with Crippen LogP contribution >= 0.6 is 0 Å². The van der Waals surface area contributed by atoms with Crippen LogP contribution in [-0.4, -0.2) is 62.1 Å². The van der Waals surface area contributed by atoms with Crippen LogP contribution in [0.1, 0.15) is 54.2 Å². The van der Waals surface area contributed by atoms with Gasteiger partial charge in [-0.1, -0.05) is 5.21 Å². The summed E-state index contributed by atoms with van der Waals surface area (Å²) in [6.45, 7) is 3.57. The van der Waals surface area contributed by atoms with Gasteiger partial charge in [-0.3, -0.25) is 24.6 Å². The number of fused-ring (bicyclic) bond motifs is 1. The fraction of sp³-hybridized carbons (Fsp3) is 0.476. The first-order valence-corrected chi connectivity index (χ1v) is 10.3. The molecular weight excluding hydrogens is 384 g/mol. The molecule has 1 N–H and O–H groups in total. The number of piperidine rings is 1. The number of benzene rings is 1. The molecular formula is C21H24N6O3. The molecule has 4 heterocycles. The lowest BCUT2D eigenvalue weighted by Gasteiger charge is -2.29. The monoisotopic (exact) mass is 408 g/mol. The molecule has 2 aromatic rings. The standard InChI is InChI=1S/C21H24N6O3/c1-21(8-3-9-25(21)2)17-12-27(24-23-17)14-4-5-15-13(10-14)11-26(20(15)30)16-6-7-18(28)22-19(16)29/h4-5,10,12,16H,3,6-9,11H2,1-2H3,(H,22,28,29)/t16?,21-/m1/s1. The minimum Gasteiger partial charge on any atom is -0.322 e. The molecule has 2 atom stereocenters. The summed E-state index contributed by atoms with van der Waals surface area (Å²) in [5, 5.41) is 11.1. The van der Waals surface area contributed by atoms with Gasteiger partial charge in [0.15, 0.2) is 0 Å². The second kappa shape index (κ2) is 6.73. The Bertz CT molecular complexity index is 1060. The van der Waals surface area contributed by atoms with E-state index >= 15 is 0 Å². The van der Waals surface area contributed by atoms with E-state index in [1.807, 2.05) is 18.3 Å². The summed E-state index contributed by atoms with van der Waals surface area (Å²) in [6, 6.07) is 4.95. The van der Waals surface area contributed by atoms with Crippen molar-refractivity contribution in [1.82, 2.24) is 30.1 Å². The Morgan fingerprint density at radius 1 is 1.23 bits per heavy atom. The third-order valence-electron chi connectivity index (χ3n) is 6.82. The van der Waals surface area contributed by atoms with E-state index in [4.69, 9.17) is 0 Å². The fourth-order valence-corrected chi connectivity index (χ4v) is 4.76. The highest BCUT2D eigenvalue weighted by Gasteiger charge is 2.40. The van der Waals surface area contributed by atoms with E-state index in [1.165, 1.54) is 0 Å². The number of nitrogens with zero attached hydrogens (tertiary/aromatic N) is 5. The van der Waals surface area contributed by atoms with Crippen LogP contribution in [-0.2, 0) is 21.7 Å². The summed E-state index contributed by atoms with van der Waals surface area (Å²) in [6.07, 6.45) is 4.74. The van der Waals surface area contributed by atoms with Crippen LogP contribution in [0.5, 0.6) is 0 Å². The van der Waals surface area contributed by atoms with Gasteiger partial charge < -0.3 is 4.90 Å². The number of aromatic nitrogens is 3. The van der Waals surface area contributed by atoms with E-state index < -0.39 is 11.9 Å². The number of imide groups is 1. The predicted molar refractivity (Wildman–Crippen MR) is 107 cm³/mol. The molecule has 1 aromatic carbocycles. The summed E-state index contributed by atoms with van der Waals surface area (Å²) in [7, 11) is 2.11. The van der Waals surface area contributed by atoms with Gasteiger partial charge in [0.05, 0.1) is 17.4 Å². The van der Waals surface area contributed by atoms with Gasteiger partial charge in [0.25, 0.3) is 5.91 Å². The van der Waals surface area contributed by atoms with E-state index in [9.17, 15) is 14.4 Å². The molecule has 0 saturated carbocycles. The third kappa shape index (κ3) is 2.84. The van der Waals surface area contributed by atoms with Crippen molar-refractivity contribution in [3.05, 3.63) is 41.2 Å². The number of nitrogens with one attached hydrogen (secondary N) is 1. The lowest BCUT2D eigenvalue weighted by molar-refractivity contribution is -0.136. The van der Waals surface area contributed by atoms with Crippen molar-refractivity contribution in [3.8, 4) is 5.69 Å². The zero-order chi connectivity index (χ0) is 21.0. The SMILES string of the molecule is CN1CCC[C@]1(C)c1cn(-c2ccc3c(c2)CN(C2CCC(=O)NC2=O)C3=O)nn1. The number of amides is 3. The van der Waals surface area contributed by atoms with Crippen molar-refractivity contribution in [2.75, 3.05) is 13.6 Å². The number of carbonyl (C=O) groups excluding carboxylic acids is 3. The largest absolute Gasteiger partial charge is 0.322 e. The molecule has 0 spiro atoms. The Kier molecular flexibility index (Phi) is 4.25. The maximum atomic E-state index is 12.8. The van der Waals surface area contributed by atoms with Crippen molar-refractivity contribution < 1.29 is 14.4 Å². The molecule has 9 heteroatoms. The van der Waals surface area contributed by atoms with Crippen LogP contribution < -0.4 is 5.32 Å². The number of hydrogen-bond acceptors (Lipinski definition) is 6. The van der Waals surface area contributed by atoms with Crippen molar-refractivity contribution in [2.24, 2.45) is 0 Å². The molecule has 0 aliphatic carbocycles. The van der Waals surface area contributed by atoms with Gasteiger partial charge in [0, 0.05) is 18.5 Å². The van der Waals surface area contributed by atoms with E-state index in [1.54, 1.807) is 15.6 Å². The van der Waals surface area contributed by atoms with Gasteiger partial charge in [0.2, 0.25) is 11.8 Å². The summed E-state index contributed by atoms with van der Waals surface area (Å²) < 4.78 is 1.74. The molecule has 3 amide bonds. The van der Waals surface area contributed by atoms with Gasteiger partial charge in [0.1, 0.15) is 11.7 Å². The average Bonchev–Trinajstić information content (AvgIpc) is 3.41. The summed E-state index contributed by atoms with van der Waals surface area (Å²) in [5.41, 5.74) is 3.08. The molecule has 0 radical (unpaired) electrons. The smallest absolute Gasteiger partial charge is 0.255 e. The van der Waals surface area contributed by atoms with Crippen LogP contribution in [0.25, 0.3) is 5.69 Å². The number of likely N-dealkylation sites (tertiary alicyclic amines) is 1. The average molecular weight is 408 g/mol. The minimum atomic E-state index is -0.609. The topological polar surface area (TPSA) is 100 Å². The molecule has 3 aliphatic heterocycles. The van der Waals surface area contributed by atoms with Crippen molar-refractivity contribution in [1.29, 1.82) is 0 Å². The summed E-state index contributed by atoms with van der Waals surface area (Å²) >= 11 is 0.